The molecule has 1 aromatic heterocycles. The lowest BCUT2D eigenvalue weighted by atomic mass is 9.65. The summed E-state index contributed by atoms with van der Waals surface area (Å²) in [7, 11) is 0. The standard InChI is InChI=1S/C19H23N3OS/c20-17-13-2-1-3-14(17)11-15(10-13)18(23)22-16-6-4-12(5-7-16)19-21-8-9-24-19/h4-9,13-15,17H,1-3,10-11,20H2,(H,22,23). The van der Waals surface area contributed by atoms with Gasteiger partial charge in [0.25, 0.3) is 0 Å². The topological polar surface area (TPSA) is 68.0 Å². The van der Waals surface area contributed by atoms with Crippen LogP contribution in [0.15, 0.2) is 35.8 Å². The second kappa shape index (κ2) is 6.65. The van der Waals surface area contributed by atoms with Crippen LogP contribution in [-0.4, -0.2) is 16.9 Å². The van der Waals surface area contributed by atoms with E-state index in [0.717, 1.165) is 29.1 Å². The maximum Gasteiger partial charge on any atom is 0.227 e. The predicted octanol–water partition coefficient (Wildman–Crippen LogP) is 3.90. The van der Waals surface area contributed by atoms with Gasteiger partial charge in [-0.15, -0.1) is 11.3 Å². The van der Waals surface area contributed by atoms with Gasteiger partial charge in [0.05, 0.1) is 0 Å². The first-order valence-corrected chi connectivity index (χ1v) is 9.65. The Morgan fingerprint density at radius 2 is 1.88 bits per heavy atom. The number of nitrogens with one attached hydrogen (secondary N) is 1. The van der Waals surface area contributed by atoms with Gasteiger partial charge in [-0.1, -0.05) is 6.42 Å². The molecule has 2 atom stereocenters. The third kappa shape index (κ3) is 3.10. The van der Waals surface area contributed by atoms with E-state index < -0.39 is 0 Å². The van der Waals surface area contributed by atoms with Gasteiger partial charge < -0.3 is 11.1 Å². The summed E-state index contributed by atoms with van der Waals surface area (Å²) in [6, 6.07) is 8.26. The summed E-state index contributed by atoms with van der Waals surface area (Å²) in [6.07, 6.45) is 7.34. The van der Waals surface area contributed by atoms with Crippen LogP contribution in [0.1, 0.15) is 32.1 Å². The highest BCUT2D eigenvalue weighted by molar-refractivity contribution is 7.13. The number of hydrogen-bond donors (Lipinski definition) is 2. The van der Waals surface area contributed by atoms with E-state index in [9.17, 15) is 4.79 Å². The molecule has 4 nitrogen and oxygen atoms in total. The van der Waals surface area contributed by atoms with E-state index in [1.807, 2.05) is 29.6 Å². The summed E-state index contributed by atoms with van der Waals surface area (Å²) >= 11 is 1.62. The summed E-state index contributed by atoms with van der Waals surface area (Å²) < 4.78 is 0. The minimum Gasteiger partial charge on any atom is -0.327 e. The minimum absolute atomic E-state index is 0.110. The molecule has 5 heteroatoms. The number of anilines is 1. The van der Waals surface area contributed by atoms with Gasteiger partial charge in [-0.3, -0.25) is 4.79 Å². The number of aromatic nitrogens is 1. The molecule has 0 spiro atoms. The highest BCUT2D eigenvalue weighted by Crippen LogP contribution is 2.42. The molecule has 2 aliphatic carbocycles. The van der Waals surface area contributed by atoms with Gasteiger partial charge in [-0.2, -0.15) is 0 Å². The molecule has 2 saturated carbocycles. The van der Waals surface area contributed by atoms with Crippen LogP contribution >= 0.6 is 11.3 Å². The lowest BCUT2D eigenvalue weighted by Crippen LogP contribution is -2.48. The molecule has 24 heavy (non-hydrogen) atoms. The molecule has 3 N–H and O–H groups in total. The van der Waals surface area contributed by atoms with Gasteiger partial charge in [0.1, 0.15) is 5.01 Å². The van der Waals surface area contributed by atoms with Crippen LogP contribution in [-0.2, 0) is 4.79 Å². The fourth-order valence-corrected chi connectivity index (χ4v) is 4.95. The van der Waals surface area contributed by atoms with Gasteiger partial charge >= 0.3 is 0 Å². The van der Waals surface area contributed by atoms with E-state index in [-0.39, 0.29) is 11.8 Å². The first-order chi connectivity index (χ1) is 11.7. The summed E-state index contributed by atoms with van der Waals surface area (Å²) in [5, 5.41) is 6.06. The molecular formula is C19H23N3OS. The first-order valence-electron chi connectivity index (χ1n) is 8.77. The van der Waals surface area contributed by atoms with E-state index >= 15 is 0 Å². The minimum atomic E-state index is 0.110. The third-order valence-electron chi connectivity index (χ3n) is 5.62. The second-order valence-corrected chi connectivity index (χ2v) is 8.00. The van der Waals surface area contributed by atoms with E-state index in [4.69, 9.17) is 5.73 Å². The lowest BCUT2D eigenvalue weighted by molar-refractivity contribution is -0.122. The van der Waals surface area contributed by atoms with Gasteiger partial charge in [-0.05, 0) is 61.8 Å². The molecule has 1 heterocycles. The monoisotopic (exact) mass is 341 g/mol. The van der Waals surface area contributed by atoms with Gasteiger partial charge in [0, 0.05) is 34.8 Å². The van der Waals surface area contributed by atoms with Crippen LogP contribution in [0.3, 0.4) is 0 Å². The highest BCUT2D eigenvalue weighted by Gasteiger charge is 2.40. The Morgan fingerprint density at radius 3 is 2.50 bits per heavy atom. The van der Waals surface area contributed by atoms with Crippen LogP contribution in [0, 0.1) is 17.8 Å². The van der Waals surface area contributed by atoms with Crippen molar-refractivity contribution in [3.8, 4) is 10.6 Å². The van der Waals surface area contributed by atoms with Crippen molar-refractivity contribution in [1.29, 1.82) is 0 Å². The number of carbonyl (C=O) groups is 1. The maximum atomic E-state index is 12.7. The highest BCUT2D eigenvalue weighted by atomic mass is 32.1. The van der Waals surface area contributed by atoms with Crippen LogP contribution in [0.4, 0.5) is 5.69 Å². The number of fused-ring (bicyclic) bond motifs is 2. The number of carbonyl (C=O) groups excluding carboxylic acids is 1. The quantitative estimate of drug-likeness (QED) is 0.889. The predicted molar refractivity (Wildman–Crippen MR) is 97.7 cm³/mol. The SMILES string of the molecule is NC1C2CCCC1CC(C(=O)Nc1ccc(-c3nccs3)cc1)C2. The van der Waals surface area contributed by atoms with Crippen molar-refractivity contribution in [3.05, 3.63) is 35.8 Å². The molecule has 1 aromatic carbocycles. The normalized spacial score (nSPS) is 29.2. The molecule has 0 radical (unpaired) electrons. The average molecular weight is 341 g/mol. The fourth-order valence-electron chi connectivity index (χ4n) is 4.31. The van der Waals surface area contributed by atoms with Crippen molar-refractivity contribution in [1.82, 2.24) is 4.98 Å². The Bertz CT molecular complexity index is 684. The Kier molecular flexibility index (Phi) is 4.37. The summed E-state index contributed by atoms with van der Waals surface area (Å²) in [5.74, 6) is 1.32. The molecule has 2 aromatic rings. The number of hydrogen-bond acceptors (Lipinski definition) is 4. The van der Waals surface area contributed by atoms with Gasteiger partial charge in [0.15, 0.2) is 0 Å². The van der Waals surface area contributed by atoms with Crippen LogP contribution < -0.4 is 11.1 Å². The molecule has 126 valence electrons. The number of rotatable bonds is 3. The summed E-state index contributed by atoms with van der Waals surface area (Å²) in [4.78, 5) is 17.0. The van der Waals surface area contributed by atoms with E-state index in [1.54, 1.807) is 17.5 Å². The molecule has 2 fully saturated rings. The van der Waals surface area contributed by atoms with E-state index in [0.29, 0.717) is 17.9 Å². The third-order valence-corrected chi connectivity index (χ3v) is 6.44. The zero-order valence-corrected chi connectivity index (χ0v) is 14.5. The van der Waals surface area contributed by atoms with Crippen molar-refractivity contribution in [2.75, 3.05) is 5.32 Å². The Labute approximate surface area is 146 Å². The van der Waals surface area contributed by atoms with Crippen molar-refractivity contribution >= 4 is 22.9 Å². The molecule has 0 saturated heterocycles. The lowest BCUT2D eigenvalue weighted by Gasteiger charge is -2.43. The van der Waals surface area contributed by atoms with E-state index in [1.165, 1.54) is 19.3 Å². The van der Waals surface area contributed by atoms with Crippen LogP contribution in [0.2, 0.25) is 0 Å². The molecular weight excluding hydrogens is 318 g/mol. The molecule has 2 bridgehead atoms. The Morgan fingerprint density at radius 1 is 1.17 bits per heavy atom. The first kappa shape index (κ1) is 15.8. The van der Waals surface area contributed by atoms with E-state index in [2.05, 4.69) is 10.3 Å². The van der Waals surface area contributed by atoms with Crippen molar-refractivity contribution in [2.45, 2.75) is 38.1 Å². The van der Waals surface area contributed by atoms with Crippen molar-refractivity contribution in [2.24, 2.45) is 23.5 Å². The number of nitrogens with zero attached hydrogens (tertiary/aromatic N) is 1. The maximum absolute atomic E-state index is 12.7. The Hall–Kier alpha value is -1.72. The smallest absolute Gasteiger partial charge is 0.227 e. The number of nitrogens with two attached hydrogens (primary N) is 1. The molecule has 1 amide bonds. The number of benzene rings is 1. The zero-order valence-electron chi connectivity index (χ0n) is 13.7. The Balaban J connectivity index is 1.41. The second-order valence-electron chi connectivity index (χ2n) is 7.10. The van der Waals surface area contributed by atoms with Crippen molar-refractivity contribution in [3.63, 3.8) is 0 Å². The number of thiazole rings is 1. The summed E-state index contributed by atoms with van der Waals surface area (Å²) in [6.45, 7) is 0. The average Bonchev–Trinajstić information content (AvgIpc) is 3.09. The molecule has 0 aliphatic heterocycles. The fraction of sp³-hybridized carbons (Fsp3) is 0.474. The summed E-state index contributed by atoms with van der Waals surface area (Å²) in [5.41, 5.74) is 8.27. The largest absolute Gasteiger partial charge is 0.327 e. The zero-order chi connectivity index (χ0) is 16.5. The molecule has 4 rings (SSSR count). The van der Waals surface area contributed by atoms with Crippen LogP contribution in [0.25, 0.3) is 10.6 Å². The van der Waals surface area contributed by atoms with Crippen molar-refractivity contribution < 1.29 is 4.79 Å². The molecule has 2 unspecified atom stereocenters. The van der Waals surface area contributed by atoms with Gasteiger partial charge in [-0.25, -0.2) is 4.98 Å². The van der Waals surface area contributed by atoms with Crippen LogP contribution in [0.5, 0.6) is 0 Å². The molecule has 2 aliphatic rings. The number of amides is 1. The van der Waals surface area contributed by atoms with Gasteiger partial charge in [0.2, 0.25) is 5.91 Å².